The van der Waals surface area contributed by atoms with Crippen LogP contribution in [0, 0.1) is 13.8 Å². The van der Waals surface area contributed by atoms with Crippen molar-refractivity contribution < 1.29 is 9.90 Å². The molecule has 1 aromatic heterocycles. The van der Waals surface area contributed by atoms with Gasteiger partial charge in [0.1, 0.15) is 0 Å². The standard InChI is InChI=1S/C13H20N2O2S/c1-7-4-11(9(3)18-7)8(2)15-13(17)12-5-10(16)6-14-12/h4,8,10,12,14,16H,5-6H2,1-3H3,(H,15,17)/t8-,10-,12+/m0/s1. The van der Waals surface area contributed by atoms with Gasteiger partial charge in [0.25, 0.3) is 0 Å². The maximum atomic E-state index is 12.0. The lowest BCUT2D eigenvalue weighted by Crippen LogP contribution is -2.41. The van der Waals surface area contributed by atoms with Gasteiger partial charge in [0.05, 0.1) is 18.2 Å². The first-order chi connectivity index (χ1) is 8.47. The molecule has 0 aromatic carbocycles. The highest BCUT2D eigenvalue weighted by molar-refractivity contribution is 7.12. The summed E-state index contributed by atoms with van der Waals surface area (Å²) in [6.45, 7) is 6.65. The maximum Gasteiger partial charge on any atom is 0.237 e. The third-order valence-electron chi connectivity index (χ3n) is 3.33. The normalized spacial score (nSPS) is 25.1. The molecular formula is C13H20N2O2S. The molecule has 0 radical (unpaired) electrons. The highest BCUT2D eigenvalue weighted by Gasteiger charge is 2.29. The van der Waals surface area contributed by atoms with Crippen LogP contribution in [0.2, 0.25) is 0 Å². The predicted molar refractivity (Wildman–Crippen MR) is 72.8 cm³/mol. The summed E-state index contributed by atoms with van der Waals surface area (Å²) in [5.74, 6) is -0.0256. The van der Waals surface area contributed by atoms with Gasteiger partial charge in [-0.25, -0.2) is 0 Å². The molecule has 0 spiro atoms. The SMILES string of the molecule is Cc1cc([C@H](C)NC(=O)[C@H]2C[C@H](O)CN2)c(C)s1. The smallest absolute Gasteiger partial charge is 0.237 e. The van der Waals surface area contributed by atoms with Gasteiger partial charge in [0, 0.05) is 16.3 Å². The molecule has 1 saturated heterocycles. The van der Waals surface area contributed by atoms with Crippen molar-refractivity contribution in [1.29, 1.82) is 0 Å². The average Bonchev–Trinajstić information content (AvgIpc) is 2.84. The van der Waals surface area contributed by atoms with E-state index in [1.54, 1.807) is 11.3 Å². The van der Waals surface area contributed by atoms with Gasteiger partial charge in [-0.2, -0.15) is 0 Å². The molecule has 2 heterocycles. The first-order valence-corrected chi connectivity index (χ1v) is 7.07. The molecule has 1 aliphatic rings. The summed E-state index contributed by atoms with van der Waals surface area (Å²) in [7, 11) is 0. The highest BCUT2D eigenvalue weighted by Crippen LogP contribution is 2.26. The van der Waals surface area contributed by atoms with E-state index in [9.17, 15) is 9.90 Å². The number of aryl methyl sites for hydroxylation is 2. The van der Waals surface area contributed by atoms with Crippen molar-refractivity contribution in [1.82, 2.24) is 10.6 Å². The number of β-amino-alcohol motifs (C(OH)–C–C–N with tert-alkyl or cyclic N) is 1. The molecule has 3 atom stereocenters. The molecule has 0 bridgehead atoms. The van der Waals surface area contributed by atoms with E-state index in [0.29, 0.717) is 13.0 Å². The predicted octanol–water partition coefficient (Wildman–Crippen LogP) is 1.26. The number of amides is 1. The van der Waals surface area contributed by atoms with E-state index >= 15 is 0 Å². The zero-order valence-corrected chi connectivity index (χ0v) is 11.8. The topological polar surface area (TPSA) is 61.4 Å². The van der Waals surface area contributed by atoms with Gasteiger partial charge in [0.2, 0.25) is 5.91 Å². The molecule has 1 aromatic rings. The summed E-state index contributed by atoms with van der Waals surface area (Å²) in [6, 6.07) is 1.88. The van der Waals surface area contributed by atoms with Crippen LogP contribution < -0.4 is 10.6 Å². The zero-order valence-electron chi connectivity index (χ0n) is 11.0. The lowest BCUT2D eigenvalue weighted by molar-refractivity contribution is -0.123. The zero-order chi connectivity index (χ0) is 13.3. The fraction of sp³-hybridized carbons (Fsp3) is 0.615. The van der Waals surface area contributed by atoms with Gasteiger partial charge in [-0.05, 0) is 38.8 Å². The Morgan fingerprint density at radius 1 is 1.61 bits per heavy atom. The summed E-state index contributed by atoms with van der Waals surface area (Å²) in [5.41, 5.74) is 1.18. The molecule has 5 heteroatoms. The van der Waals surface area contributed by atoms with Gasteiger partial charge in [-0.15, -0.1) is 11.3 Å². The van der Waals surface area contributed by atoms with Crippen molar-refractivity contribution in [3.05, 3.63) is 21.4 Å². The van der Waals surface area contributed by atoms with Crippen LogP contribution in [-0.4, -0.2) is 29.7 Å². The van der Waals surface area contributed by atoms with Gasteiger partial charge in [-0.3, -0.25) is 4.79 Å². The Bertz CT molecular complexity index is 444. The summed E-state index contributed by atoms with van der Waals surface area (Å²) in [6.07, 6.45) is 0.0985. The number of carbonyl (C=O) groups excluding carboxylic acids is 1. The minimum Gasteiger partial charge on any atom is -0.392 e. The Kier molecular flexibility index (Phi) is 4.04. The summed E-state index contributed by atoms with van der Waals surface area (Å²) in [4.78, 5) is 14.5. The minimum absolute atomic E-state index is 0.0157. The minimum atomic E-state index is -0.402. The maximum absolute atomic E-state index is 12.0. The summed E-state index contributed by atoms with van der Waals surface area (Å²) in [5, 5.41) is 15.4. The van der Waals surface area contributed by atoms with Gasteiger partial charge in [0.15, 0.2) is 0 Å². The Morgan fingerprint density at radius 2 is 2.33 bits per heavy atom. The van der Waals surface area contributed by atoms with Crippen molar-refractivity contribution in [2.45, 2.75) is 45.4 Å². The Labute approximate surface area is 111 Å². The van der Waals surface area contributed by atoms with Crippen LogP contribution in [0.15, 0.2) is 6.07 Å². The number of aliphatic hydroxyl groups is 1. The van der Waals surface area contributed by atoms with Crippen LogP contribution in [-0.2, 0) is 4.79 Å². The molecular weight excluding hydrogens is 248 g/mol. The molecule has 1 amide bonds. The van der Waals surface area contributed by atoms with Gasteiger partial charge >= 0.3 is 0 Å². The van der Waals surface area contributed by atoms with E-state index in [-0.39, 0.29) is 18.0 Å². The Morgan fingerprint density at radius 3 is 2.83 bits per heavy atom. The van der Waals surface area contributed by atoms with Crippen molar-refractivity contribution in [3.63, 3.8) is 0 Å². The first-order valence-electron chi connectivity index (χ1n) is 6.26. The third kappa shape index (κ3) is 2.91. The second-order valence-corrected chi connectivity index (χ2v) is 6.41. The van der Waals surface area contributed by atoms with Crippen molar-refractivity contribution in [2.75, 3.05) is 6.54 Å². The van der Waals surface area contributed by atoms with E-state index in [2.05, 4.69) is 30.5 Å². The van der Waals surface area contributed by atoms with Gasteiger partial charge < -0.3 is 15.7 Å². The summed E-state index contributed by atoms with van der Waals surface area (Å²) < 4.78 is 0. The van der Waals surface area contributed by atoms with E-state index in [0.717, 1.165) is 0 Å². The van der Waals surface area contributed by atoms with E-state index in [1.165, 1.54) is 15.3 Å². The molecule has 1 aliphatic heterocycles. The van der Waals surface area contributed by atoms with Crippen LogP contribution in [0.4, 0.5) is 0 Å². The second-order valence-electron chi connectivity index (χ2n) is 4.95. The van der Waals surface area contributed by atoms with Crippen LogP contribution in [0.5, 0.6) is 0 Å². The summed E-state index contributed by atoms with van der Waals surface area (Å²) >= 11 is 1.75. The fourth-order valence-electron chi connectivity index (χ4n) is 2.39. The number of nitrogens with one attached hydrogen (secondary N) is 2. The monoisotopic (exact) mass is 268 g/mol. The van der Waals surface area contributed by atoms with Crippen LogP contribution in [0.1, 0.15) is 34.7 Å². The fourth-order valence-corrected chi connectivity index (χ4v) is 3.41. The molecule has 0 aliphatic carbocycles. The molecule has 2 rings (SSSR count). The van der Waals surface area contributed by atoms with Crippen LogP contribution in [0.25, 0.3) is 0 Å². The van der Waals surface area contributed by atoms with E-state index in [1.807, 2.05) is 6.92 Å². The van der Waals surface area contributed by atoms with Crippen molar-refractivity contribution >= 4 is 17.2 Å². The number of hydrogen-bond acceptors (Lipinski definition) is 4. The Balaban J connectivity index is 1.97. The lowest BCUT2D eigenvalue weighted by Gasteiger charge is -2.17. The molecule has 18 heavy (non-hydrogen) atoms. The number of aliphatic hydroxyl groups excluding tert-OH is 1. The number of carbonyl (C=O) groups is 1. The quantitative estimate of drug-likeness (QED) is 0.773. The first kappa shape index (κ1) is 13.5. The van der Waals surface area contributed by atoms with Crippen LogP contribution >= 0.6 is 11.3 Å². The Hall–Kier alpha value is -0.910. The van der Waals surface area contributed by atoms with Crippen LogP contribution in [0.3, 0.4) is 0 Å². The lowest BCUT2D eigenvalue weighted by atomic mass is 10.1. The van der Waals surface area contributed by atoms with E-state index in [4.69, 9.17) is 0 Å². The largest absolute Gasteiger partial charge is 0.392 e. The van der Waals surface area contributed by atoms with Gasteiger partial charge in [-0.1, -0.05) is 0 Å². The molecule has 100 valence electrons. The number of thiophene rings is 1. The van der Waals surface area contributed by atoms with Crippen molar-refractivity contribution in [2.24, 2.45) is 0 Å². The van der Waals surface area contributed by atoms with Crippen molar-refractivity contribution in [3.8, 4) is 0 Å². The highest BCUT2D eigenvalue weighted by atomic mass is 32.1. The second kappa shape index (κ2) is 5.38. The van der Waals surface area contributed by atoms with E-state index < -0.39 is 6.10 Å². The number of rotatable bonds is 3. The molecule has 0 unspecified atom stereocenters. The molecule has 0 saturated carbocycles. The number of hydrogen-bond donors (Lipinski definition) is 3. The molecule has 3 N–H and O–H groups in total. The molecule has 1 fully saturated rings. The third-order valence-corrected chi connectivity index (χ3v) is 4.31. The average molecular weight is 268 g/mol. The molecule has 4 nitrogen and oxygen atoms in total.